The molecule has 76 valence electrons. The van der Waals surface area contributed by atoms with Crippen LogP contribution in [0.25, 0.3) is 0 Å². The molecular weight excluding hydrogens is 202 g/mol. The van der Waals surface area contributed by atoms with Crippen LogP contribution >= 0.6 is 0 Å². The lowest BCUT2D eigenvalue weighted by Crippen LogP contribution is -2.43. The minimum Gasteiger partial charge on any atom is -0.300 e. The Labute approximate surface area is 82.8 Å². The highest BCUT2D eigenvalue weighted by atomic mass is 32.2. The van der Waals surface area contributed by atoms with Gasteiger partial charge in [-0.2, -0.15) is 5.26 Å². The number of carbonyl (C=O) groups excluding carboxylic acids is 1. The average molecular weight is 213 g/mol. The minimum atomic E-state index is -2.94. The first kappa shape index (κ1) is 9.66. The van der Waals surface area contributed by atoms with E-state index in [2.05, 4.69) is 6.07 Å². The summed E-state index contributed by atoms with van der Waals surface area (Å²) in [6.45, 7) is 0. The van der Waals surface area contributed by atoms with Crippen LogP contribution in [0, 0.1) is 22.7 Å². The molecule has 1 heterocycles. The summed E-state index contributed by atoms with van der Waals surface area (Å²) >= 11 is 0. The second-order valence-corrected chi connectivity index (χ2v) is 6.49. The van der Waals surface area contributed by atoms with E-state index in [4.69, 9.17) is 5.26 Å². The lowest BCUT2D eigenvalue weighted by atomic mass is 9.61. The molecule has 1 aliphatic carbocycles. The van der Waals surface area contributed by atoms with Crippen molar-refractivity contribution in [3.63, 3.8) is 0 Å². The third kappa shape index (κ3) is 1.34. The molecule has 0 radical (unpaired) electrons. The molecule has 4 nitrogen and oxygen atoms in total. The number of ketones is 1. The number of rotatable bonds is 1. The van der Waals surface area contributed by atoms with Crippen LogP contribution in [0.4, 0.5) is 0 Å². The Morgan fingerprint density at radius 3 is 2.43 bits per heavy atom. The van der Waals surface area contributed by atoms with Gasteiger partial charge in [0, 0.05) is 12.8 Å². The molecular formula is C9H11NO3S. The SMILES string of the molecule is N#CC1(C2CCS(=O)(=O)C2)CC(=O)C1. The Bertz CT molecular complexity index is 410. The molecule has 0 bridgehead atoms. The van der Waals surface area contributed by atoms with Crippen LogP contribution in [-0.4, -0.2) is 25.7 Å². The highest BCUT2D eigenvalue weighted by Crippen LogP contribution is 2.48. The maximum absolute atomic E-state index is 11.2. The van der Waals surface area contributed by atoms with E-state index in [9.17, 15) is 13.2 Å². The fraction of sp³-hybridized carbons (Fsp3) is 0.778. The van der Waals surface area contributed by atoms with Crippen LogP contribution in [-0.2, 0) is 14.6 Å². The number of nitrogens with zero attached hydrogens (tertiary/aromatic N) is 1. The normalized spacial score (nSPS) is 33.4. The van der Waals surface area contributed by atoms with E-state index in [-0.39, 0.29) is 36.0 Å². The zero-order chi connectivity index (χ0) is 10.4. The predicted octanol–water partition coefficient (Wildman–Crippen LogP) is 0.294. The van der Waals surface area contributed by atoms with Crippen molar-refractivity contribution in [1.29, 1.82) is 5.26 Å². The molecule has 0 amide bonds. The van der Waals surface area contributed by atoms with Gasteiger partial charge in [-0.1, -0.05) is 0 Å². The van der Waals surface area contributed by atoms with Gasteiger partial charge >= 0.3 is 0 Å². The van der Waals surface area contributed by atoms with Gasteiger partial charge in [-0.25, -0.2) is 8.42 Å². The lowest BCUT2D eigenvalue weighted by molar-refractivity contribution is -0.131. The molecule has 14 heavy (non-hydrogen) atoms. The van der Waals surface area contributed by atoms with Crippen molar-refractivity contribution in [1.82, 2.24) is 0 Å². The standard InChI is InChI=1S/C9H11NO3S/c10-6-9(3-8(11)4-9)7-1-2-14(12,13)5-7/h7H,1-5H2. The van der Waals surface area contributed by atoms with Crippen LogP contribution in [0.2, 0.25) is 0 Å². The van der Waals surface area contributed by atoms with E-state index in [1.807, 2.05) is 0 Å². The largest absolute Gasteiger partial charge is 0.300 e. The van der Waals surface area contributed by atoms with Gasteiger partial charge in [-0.3, -0.25) is 4.79 Å². The Kier molecular flexibility index (Phi) is 1.93. The van der Waals surface area contributed by atoms with Crippen molar-refractivity contribution in [3.05, 3.63) is 0 Å². The molecule has 0 aromatic heterocycles. The van der Waals surface area contributed by atoms with Crippen molar-refractivity contribution in [2.75, 3.05) is 11.5 Å². The van der Waals surface area contributed by atoms with Crippen molar-refractivity contribution in [2.45, 2.75) is 19.3 Å². The number of Topliss-reactive ketones (excluding diaryl/α,β-unsaturated/α-hetero) is 1. The van der Waals surface area contributed by atoms with E-state index in [1.54, 1.807) is 0 Å². The molecule has 1 unspecified atom stereocenters. The van der Waals surface area contributed by atoms with Crippen molar-refractivity contribution >= 4 is 15.6 Å². The van der Waals surface area contributed by atoms with Crippen molar-refractivity contribution in [3.8, 4) is 6.07 Å². The highest BCUT2D eigenvalue weighted by Gasteiger charge is 2.52. The quantitative estimate of drug-likeness (QED) is 0.627. The topological polar surface area (TPSA) is 75.0 Å². The molecule has 1 saturated heterocycles. The van der Waals surface area contributed by atoms with Gasteiger partial charge < -0.3 is 0 Å². The first-order valence-corrected chi connectivity index (χ1v) is 6.43. The number of hydrogen-bond donors (Lipinski definition) is 0. The number of carbonyl (C=O) groups is 1. The summed E-state index contributed by atoms with van der Waals surface area (Å²) in [5.74, 6) is 0.231. The molecule has 2 rings (SSSR count). The second-order valence-electron chi connectivity index (χ2n) is 4.26. The van der Waals surface area contributed by atoms with Gasteiger partial charge in [-0.05, 0) is 12.3 Å². The van der Waals surface area contributed by atoms with E-state index in [0.29, 0.717) is 6.42 Å². The lowest BCUT2D eigenvalue weighted by Gasteiger charge is -2.38. The van der Waals surface area contributed by atoms with Crippen LogP contribution in [0.1, 0.15) is 19.3 Å². The van der Waals surface area contributed by atoms with Crippen LogP contribution in [0.3, 0.4) is 0 Å². The summed E-state index contributed by atoms with van der Waals surface area (Å²) in [5, 5.41) is 8.99. The van der Waals surface area contributed by atoms with Gasteiger partial charge in [0.2, 0.25) is 0 Å². The molecule has 1 aliphatic heterocycles. The maximum Gasteiger partial charge on any atom is 0.150 e. The third-order valence-electron chi connectivity index (χ3n) is 3.26. The zero-order valence-electron chi connectivity index (χ0n) is 7.69. The second kappa shape index (κ2) is 2.80. The van der Waals surface area contributed by atoms with E-state index in [1.165, 1.54) is 0 Å². The van der Waals surface area contributed by atoms with E-state index >= 15 is 0 Å². The van der Waals surface area contributed by atoms with Gasteiger partial charge in [0.05, 0.1) is 23.0 Å². The molecule has 0 spiro atoms. The molecule has 0 aromatic carbocycles. The average Bonchev–Trinajstić information content (AvgIpc) is 2.40. The molecule has 2 fully saturated rings. The number of nitriles is 1. The fourth-order valence-electron chi connectivity index (χ4n) is 2.34. The maximum atomic E-state index is 11.2. The van der Waals surface area contributed by atoms with Crippen LogP contribution in [0.5, 0.6) is 0 Å². The van der Waals surface area contributed by atoms with Crippen LogP contribution < -0.4 is 0 Å². The number of sulfone groups is 1. The summed E-state index contributed by atoms with van der Waals surface area (Å²) in [4.78, 5) is 10.9. The zero-order valence-corrected chi connectivity index (χ0v) is 8.51. The van der Waals surface area contributed by atoms with Crippen molar-refractivity contribution in [2.24, 2.45) is 11.3 Å². The van der Waals surface area contributed by atoms with Crippen LogP contribution in [0.15, 0.2) is 0 Å². The van der Waals surface area contributed by atoms with Gasteiger partial charge in [-0.15, -0.1) is 0 Å². The van der Waals surface area contributed by atoms with Gasteiger partial charge in [0.15, 0.2) is 9.84 Å². The smallest absolute Gasteiger partial charge is 0.150 e. The summed E-state index contributed by atoms with van der Waals surface area (Å²) in [6.07, 6.45) is 1.05. The molecule has 5 heteroatoms. The summed E-state index contributed by atoms with van der Waals surface area (Å²) in [6, 6.07) is 2.14. The third-order valence-corrected chi connectivity index (χ3v) is 5.03. The Morgan fingerprint density at radius 2 is 2.07 bits per heavy atom. The minimum absolute atomic E-state index is 0.0795. The highest BCUT2D eigenvalue weighted by molar-refractivity contribution is 7.91. The molecule has 0 N–H and O–H groups in total. The van der Waals surface area contributed by atoms with E-state index < -0.39 is 15.3 Å². The Morgan fingerprint density at radius 1 is 1.43 bits per heavy atom. The Balaban J connectivity index is 2.17. The molecule has 2 aliphatic rings. The fourth-order valence-corrected chi connectivity index (χ4v) is 4.25. The summed E-state index contributed by atoms with van der Waals surface area (Å²) < 4.78 is 22.5. The number of hydrogen-bond acceptors (Lipinski definition) is 4. The van der Waals surface area contributed by atoms with Gasteiger partial charge in [0.1, 0.15) is 5.78 Å². The molecule has 1 saturated carbocycles. The monoisotopic (exact) mass is 213 g/mol. The molecule has 1 atom stereocenters. The van der Waals surface area contributed by atoms with Gasteiger partial charge in [0.25, 0.3) is 0 Å². The summed E-state index contributed by atoms with van der Waals surface area (Å²) in [7, 11) is -2.94. The Hall–Kier alpha value is -0.890. The molecule has 0 aromatic rings. The predicted molar refractivity (Wildman–Crippen MR) is 49.0 cm³/mol. The van der Waals surface area contributed by atoms with Crippen molar-refractivity contribution < 1.29 is 13.2 Å². The van der Waals surface area contributed by atoms with E-state index in [0.717, 1.165) is 0 Å². The first-order chi connectivity index (χ1) is 6.47. The first-order valence-electron chi connectivity index (χ1n) is 4.61. The summed E-state index contributed by atoms with van der Waals surface area (Å²) in [5.41, 5.74) is -0.652.